The van der Waals surface area contributed by atoms with Gasteiger partial charge < -0.3 is 19.7 Å². The lowest BCUT2D eigenvalue weighted by Crippen LogP contribution is -2.25. The van der Waals surface area contributed by atoms with Crippen LogP contribution in [0, 0.1) is 18.3 Å². The second-order valence-corrected chi connectivity index (χ2v) is 7.18. The predicted molar refractivity (Wildman–Crippen MR) is 116 cm³/mol. The van der Waals surface area contributed by atoms with E-state index in [9.17, 15) is 15.2 Å². The molecule has 0 saturated heterocycles. The van der Waals surface area contributed by atoms with Gasteiger partial charge in [0.1, 0.15) is 17.5 Å². The number of hydrogen-bond acceptors (Lipinski definition) is 5. The van der Waals surface area contributed by atoms with Crippen LogP contribution in [0.15, 0.2) is 59.4 Å². The number of anilines is 1. The van der Waals surface area contributed by atoms with Gasteiger partial charge >= 0.3 is 0 Å². The van der Waals surface area contributed by atoms with Gasteiger partial charge in [-0.25, -0.2) is 0 Å². The van der Waals surface area contributed by atoms with Crippen LogP contribution in [-0.2, 0) is 6.54 Å². The molecule has 2 heterocycles. The maximum absolute atomic E-state index is 12.7. The number of nitriles is 1. The van der Waals surface area contributed by atoms with Crippen molar-refractivity contribution < 1.29 is 9.84 Å². The third kappa shape index (κ3) is 3.38. The highest BCUT2D eigenvalue weighted by Crippen LogP contribution is 2.24. The van der Waals surface area contributed by atoms with Crippen LogP contribution in [-0.4, -0.2) is 33.8 Å². The van der Waals surface area contributed by atoms with Crippen LogP contribution in [0.25, 0.3) is 16.7 Å². The van der Waals surface area contributed by atoms with Gasteiger partial charge in [0, 0.05) is 24.4 Å². The average molecular weight is 402 g/mol. The number of fused-ring (bicyclic) bond motifs is 3. The number of benzene rings is 2. The second kappa shape index (κ2) is 7.93. The van der Waals surface area contributed by atoms with Crippen LogP contribution in [0.2, 0.25) is 0 Å². The SMILES string of the molecule is COc1cccc(NC[C@@H](O)Cn2c3ccccc3n3c(=O)cc(C)c(C#N)c23)c1. The van der Waals surface area contributed by atoms with Gasteiger partial charge in [-0.3, -0.25) is 9.20 Å². The highest BCUT2D eigenvalue weighted by Gasteiger charge is 2.19. The number of aromatic nitrogens is 2. The van der Waals surface area contributed by atoms with Crippen molar-refractivity contribution in [1.82, 2.24) is 8.97 Å². The Morgan fingerprint density at radius 1 is 1.17 bits per heavy atom. The molecule has 152 valence electrons. The molecule has 0 aliphatic heterocycles. The number of hydrogen-bond donors (Lipinski definition) is 2. The zero-order valence-corrected chi connectivity index (χ0v) is 16.8. The molecule has 0 fully saturated rings. The lowest BCUT2D eigenvalue weighted by molar-refractivity contribution is 0.169. The number of methoxy groups -OCH3 is 1. The smallest absolute Gasteiger partial charge is 0.257 e. The van der Waals surface area contributed by atoms with E-state index in [1.807, 2.05) is 53.1 Å². The van der Waals surface area contributed by atoms with E-state index in [0.717, 1.165) is 17.0 Å². The first-order valence-corrected chi connectivity index (χ1v) is 9.63. The van der Waals surface area contributed by atoms with Crippen LogP contribution in [0.3, 0.4) is 0 Å². The van der Waals surface area contributed by atoms with Crippen LogP contribution in [0.4, 0.5) is 5.69 Å². The topological polar surface area (TPSA) is 91.7 Å². The van der Waals surface area contributed by atoms with Crippen LogP contribution in [0.5, 0.6) is 5.75 Å². The molecule has 7 nitrogen and oxygen atoms in total. The molecule has 0 saturated carbocycles. The van der Waals surface area contributed by atoms with Gasteiger partial charge in [-0.2, -0.15) is 5.26 Å². The summed E-state index contributed by atoms with van der Waals surface area (Å²) in [6.07, 6.45) is -0.752. The Labute approximate surface area is 173 Å². The summed E-state index contributed by atoms with van der Waals surface area (Å²) in [6, 6.07) is 18.6. The Morgan fingerprint density at radius 2 is 1.93 bits per heavy atom. The van der Waals surface area contributed by atoms with Gasteiger partial charge in [-0.05, 0) is 36.8 Å². The average Bonchev–Trinajstić information content (AvgIpc) is 3.07. The van der Waals surface area contributed by atoms with E-state index >= 15 is 0 Å². The van der Waals surface area contributed by atoms with E-state index in [0.29, 0.717) is 28.8 Å². The summed E-state index contributed by atoms with van der Waals surface area (Å²) >= 11 is 0. The molecule has 30 heavy (non-hydrogen) atoms. The predicted octanol–water partition coefficient (Wildman–Crippen LogP) is 2.92. The van der Waals surface area contributed by atoms with Gasteiger partial charge in [0.05, 0.1) is 36.4 Å². The number of rotatable bonds is 6. The zero-order chi connectivity index (χ0) is 21.3. The molecule has 0 radical (unpaired) electrons. The first-order chi connectivity index (χ1) is 14.5. The van der Waals surface area contributed by atoms with E-state index in [2.05, 4.69) is 11.4 Å². The third-order valence-corrected chi connectivity index (χ3v) is 5.18. The molecule has 0 bridgehead atoms. The van der Waals surface area contributed by atoms with E-state index in [-0.39, 0.29) is 12.1 Å². The molecule has 4 rings (SSSR count). The first kappa shape index (κ1) is 19.6. The molecule has 7 heteroatoms. The highest BCUT2D eigenvalue weighted by molar-refractivity contribution is 5.84. The largest absolute Gasteiger partial charge is 0.497 e. The number of imidazole rings is 1. The van der Waals surface area contributed by atoms with Crippen molar-refractivity contribution in [2.24, 2.45) is 0 Å². The molecule has 0 spiro atoms. The fraction of sp³-hybridized carbons (Fsp3) is 0.217. The standard InChI is InChI=1S/C23H22N4O3/c1-15-10-22(29)27-21-9-4-3-8-20(21)26(23(27)19(15)12-24)14-17(28)13-25-16-6-5-7-18(11-16)30-2/h3-11,17,25,28H,13-14H2,1-2H3/t17-/m1/s1. The fourth-order valence-corrected chi connectivity index (χ4v) is 3.77. The number of aryl methyl sites for hydroxylation is 1. The molecular weight excluding hydrogens is 380 g/mol. The number of pyridine rings is 1. The van der Waals surface area contributed by atoms with Crippen molar-refractivity contribution in [3.05, 3.63) is 76.1 Å². The van der Waals surface area contributed by atoms with Crippen molar-refractivity contribution >= 4 is 22.4 Å². The monoisotopic (exact) mass is 402 g/mol. The Morgan fingerprint density at radius 3 is 2.67 bits per heavy atom. The number of aliphatic hydroxyl groups excluding tert-OH is 1. The lowest BCUT2D eigenvalue weighted by Gasteiger charge is -2.16. The van der Waals surface area contributed by atoms with Crippen molar-refractivity contribution in [2.75, 3.05) is 19.0 Å². The fourth-order valence-electron chi connectivity index (χ4n) is 3.77. The Bertz CT molecular complexity index is 1330. The van der Waals surface area contributed by atoms with Crippen molar-refractivity contribution in [3.63, 3.8) is 0 Å². The molecular formula is C23H22N4O3. The summed E-state index contributed by atoms with van der Waals surface area (Å²) in [5, 5.41) is 23.7. The van der Waals surface area contributed by atoms with E-state index < -0.39 is 6.10 Å². The summed E-state index contributed by atoms with van der Waals surface area (Å²) < 4.78 is 8.61. The number of para-hydroxylation sites is 2. The quantitative estimate of drug-likeness (QED) is 0.517. The maximum Gasteiger partial charge on any atom is 0.257 e. The molecule has 0 aliphatic carbocycles. The number of nitrogens with one attached hydrogen (secondary N) is 1. The highest BCUT2D eigenvalue weighted by atomic mass is 16.5. The molecule has 2 aromatic heterocycles. The summed E-state index contributed by atoms with van der Waals surface area (Å²) in [7, 11) is 1.60. The Kier molecular flexibility index (Phi) is 5.17. The molecule has 2 aromatic carbocycles. The summed E-state index contributed by atoms with van der Waals surface area (Å²) in [5.41, 5.74) is 3.69. The van der Waals surface area contributed by atoms with Gasteiger partial charge in [0.2, 0.25) is 0 Å². The summed E-state index contributed by atoms with van der Waals surface area (Å²) in [5.74, 6) is 0.727. The van der Waals surface area contributed by atoms with E-state index in [1.165, 1.54) is 6.07 Å². The maximum atomic E-state index is 12.7. The minimum atomic E-state index is -0.752. The van der Waals surface area contributed by atoms with Crippen molar-refractivity contribution in [3.8, 4) is 11.8 Å². The van der Waals surface area contributed by atoms with Gasteiger partial charge in [0.25, 0.3) is 5.56 Å². The zero-order valence-electron chi connectivity index (χ0n) is 16.8. The number of aliphatic hydroxyl groups is 1. The van der Waals surface area contributed by atoms with Gasteiger partial charge in [0.15, 0.2) is 0 Å². The van der Waals surface area contributed by atoms with Crippen LogP contribution >= 0.6 is 0 Å². The summed E-state index contributed by atoms with van der Waals surface area (Å²) in [4.78, 5) is 12.7. The van der Waals surface area contributed by atoms with Crippen LogP contribution < -0.4 is 15.6 Å². The van der Waals surface area contributed by atoms with Gasteiger partial charge in [-0.1, -0.05) is 18.2 Å². The van der Waals surface area contributed by atoms with E-state index in [4.69, 9.17) is 4.74 Å². The minimum Gasteiger partial charge on any atom is -0.497 e. The molecule has 2 N–H and O–H groups in total. The third-order valence-electron chi connectivity index (χ3n) is 5.18. The molecule has 1 atom stereocenters. The Hall–Kier alpha value is -3.76. The number of nitrogens with zero attached hydrogens (tertiary/aromatic N) is 3. The van der Waals surface area contributed by atoms with Crippen molar-refractivity contribution in [1.29, 1.82) is 5.26 Å². The first-order valence-electron chi connectivity index (χ1n) is 9.63. The second-order valence-electron chi connectivity index (χ2n) is 7.18. The number of ether oxygens (including phenoxy) is 1. The molecule has 0 amide bonds. The lowest BCUT2D eigenvalue weighted by atomic mass is 10.1. The molecule has 4 aromatic rings. The van der Waals surface area contributed by atoms with Gasteiger partial charge in [-0.15, -0.1) is 0 Å². The molecule has 0 unspecified atom stereocenters. The van der Waals surface area contributed by atoms with Crippen LogP contribution in [0.1, 0.15) is 11.1 Å². The Balaban J connectivity index is 1.72. The normalized spacial score (nSPS) is 12.1. The van der Waals surface area contributed by atoms with Crippen molar-refractivity contribution in [2.45, 2.75) is 19.6 Å². The summed E-state index contributed by atoms with van der Waals surface area (Å²) in [6.45, 7) is 2.28. The van der Waals surface area contributed by atoms with E-state index in [1.54, 1.807) is 18.4 Å². The molecule has 0 aliphatic rings. The minimum absolute atomic E-state index is 0.194.